The standard InChI is InChI=1S/C33H32N2O4S/c1-2-35(30-16-10-5-11-17-30)33(37)31(32(36)34-40(38,39)25-24-26-12-6-3-7-13-26)23-20-27-18-21-29(22-19-27)28-14-8-4-9-15-28/h3-19,21-22,24-25,31H,2,20,23H2,1H3,(H,34,36). The molecule has 0 heterocycles. The first-order chi connectivity index (χ1) is 19.4. The second-order valence-electron chi connectivity index (χ2n) is 9.30. The Hall–Kier alpha value is -4.49. The molecule has 1 unspecified atom stereocenters. The molecule has 0 saturated carbocycles. The van der Waals surface area contributed by atoms with Crippen molar-refractivity contribution in [1.29, 1.82) is 0 Å². The molecule has 0 saturated heterocycles. The first kappa shape index (κ1) is 28.5. The smallest absolute Gasteiger partial charge is 0.257 e. The maximum absolute atomic E-state index is 13.7. The minimum absolute atomic E-state index is 0.149. The number of hydrogen-bond donors (Lipinski definition) is 1. The Labute approximate surface area is 236 Å². The van der Waals surface area contributed by atoms with E-state index in [0.717, 1.165) is 22.1 Å². The summed E-state index contributed by atoms with van der Waals surface area (Å²) >= 11 is 0. The maximum Gasteiger partial charge on any atom is 0.257 e. The lowest BCUT2D eigenvalue weighted by atomic mass is 9.95. The maximum atomic E-state index is 13.7. The highest BCUT2D eigenvalue weighted by atomic mass is 32.2. The fraction of sp³-hybridized carbons (Fsp3) is 0.152. The van der Waals surface area contributed by atoms with Crippen LogP contribution in [0.2, 0.25) is 0 Å². The molecule has 4 rings (SSSR count). The molecule has 6 nitrogen and oxygen atoms in total. The fourth-order valence-corrected chi connectivity index (χ4v) is 5.24. The van der Waals surface area contributed by atoms with Gasteiger partial charge in [0, 0.05) is 12.2 Å². The molecular weight excluding hydrogens is 520 g/mol. The van der Waals surface area contributed by atoms with Crippen molar-refractivity contribution in [3.63, 3.8) is 0 Å². The summed E-state index contributed by atoms with van der Waals surface area (Å²) in [5.74, 6) is -2.50. The Bertz CT molecular complexity index is 1540. The molecule has 204 valence electrons. The minimum atomic E-state index is -4.12. The van der Waals surface area contributed by atoms with Crippen LogP contribution in [0.5, 0.6) is 0 Å². The zero-order chi connectivity index (χ0) is 28.4. The van der Waals surface area contributed by atoms with Gasteiger partial charge in [-0.3, -0.25) is 9.59 Å². The summed E-state index contributed by atoms with van der Waals surface area (Å²) in [6, 6.07) is 35.9. The van der Waals surface area contributed by atoms with Gasteiger partial charge < -0.3 is 4.90 Å². The summed E-state index contributed by atoms with van der Waals surface area (Å²) in [4.78, 5) is 28.6. The highest BCUT2D eigenvalue weighted by Crippen LogP contribution is 2.23. The summed E-state index contributed by atoms with van der Waals surface area (Å²) in [5, 5.41) is 0.943. The third-order valence-corrected chi connectivity index (χ3v) is 7.51. The Morgan fingerprint density at radius 3 is 1.93 bits per heavy atom. The van der Waals surface area contributed by atoms with Crippen molar-refractivity contribution in [2.75, 3.05) is 11.4 Å². The van der Waals surface area contributed by atoms with E-state index in [2.05, 4.69) is 4.72 Å². The molecule has 2 amide bonds. The minimum Gasteiger partial charge on any atom is -0.312 e. The average Bonchev–Trinajstić information content (AvgIpc) is 2.98. The molecule has 0 aliphatic carbocycles. The Balaban J connectivity index is 1.54. The summed E-state index contributed by atoms with van der Waals surface area (Å²) in [6.07, 6.45) is 1.98. The van der Waals surface area contributed by atoms with Gasteiger partial charge >= 0.3 is 0 Å². The van der Waals surface area contributed by atoms with E-state index in [1.807, 2.05) is 85.8 Å². The summed E-state index contributed by atoms with van der Waals surface area (Å²) < 4.78 is 27.6. The van der Waals surface area contributed by atoms with Gasteiger partial charge in [-0.15, -0.1) is 0 Å². The van der Waals surface area contributed by atoms with E-state index < -0.39 is 27.8 Å². The largest absolute Gasteiger partial charge is 0.312 e. The van der Waals surface area contributed by atoms with E-state index in [9.17, 15) is 18.0 Å². The van der Waals surface area contributed by atoms with Crippen LogP contribution in [0.4, 0.5) is 5.69 Å². The molecule has 4 aromatic rings. The second-order valence-corrected chi connectivity index (χ2v) is 10.9. The molecule has 1 N–H and O–H groups in total. The number of anilines is 1. The molecule has 0 spiro atoms. The Morgan fingerprint density at radius 2 is 1.32 bits per heavy atom. The van der Waals surface area contributed by atoms with Crippen molar-refractivity contribution in [1.82, 2.24) is 4.72 Å². The molecule has 1 atom stereocenters. The topological polar surface area (TPSA) is 83.6 Å². The highest BCUT2D eigenvalue weighted by Gasteiger charge is 2.32. The normalized spacial score (nSPS) is 12.1. The van der Waals surface area contributed by atoms with Crippen molar-refractivity contribution in [3.05, 3.63) is 132 Å². The van der Waals surface area contributed by atoms with Gasteiger partial charge in [-0.05, 0) is 60.2 Å². The summed E-state index contributed by atoms with van der Waals surface area (Å²) in [7, 11) is -4.12. The quantitative estimate of drug-likeness (QED) is 0.229. The number of nitrogens with one attached hydrogen (secondary N) is 1. The van der Waals surface area contributed by atoms with Gasteiger partial charge in [0.2, 0.25) is 11.8 Å². The molecule has 0 fully saturated rings. The van der Waals surface area contributed by atoms with E-state index in [1.54, 1.807) is 36.4 Å². The van der Waals surface area contributed by atoms with Crippen molar-refractivity contribution in [3.8, 4) is 11.1 Å². The zero-order valence-corrected chi connectivity index (χ0v) is 23.1. The molecule has 0 bridgehead atoms. The number of benzene rings is 4. The van der Waals surface area contributed by atoms with Gasteiger partial charge in [0.05, 0.1) is 5.41 Å². The number of carbonyl (C=O) groups is 2. The van der Waals surface area contributed by atoms with E-state index in [1.165, 1.54) is 11.0 Å². The van der Waals surface area contributed by atoms with E-state index >= 15 is 0 Å². The Morgan fingerprint density at radius 1 is 0.775 bits per heavy atom. The molecule has 40 heavy (non-hydrogen) atoms. The van der Waals surface area contributed by atoms with E-state index in [4.69, 9.17) is 0 Å². The van der Waals surface area contributed by atoms with Crippen LogP contribution in [0.1, 0.15) is 24.5 Å². The second kappa shape index (κ2) is 13.5. The molecule has 0 aliphatic heterocycles. The van der Waals surface area contributed by atoms with Crippen LogP contribution in [0, 0.1) is 5.92 Å². The number of rotatable bonds is 11. The van der Waals surface area contributed by atoms with Crippen molar-refractivity contribution < 1.29 is 18.0 Å². The average molecular weight is 553 g/mol. The van der Waals surface area contributed by atoms with Gasteiger partial charge in [-0.1, -0.05) is 103 Å². The lowest BCUT2D eigenvalue weighted by molar-refractivity contribution is -0.132. The van der Waals surface area contributed by atoms with Gasteiger partial charge in [0.15, 0.2) is 0 Å². The third kappa shape index (κ3) is 7.77. The fourth-order valence-electron chi connectivity index (χ4n) is 4.41. The summed E-state index contributed by atoms with van der Waals surface area (Å²) in [5.41, 5.74) is 4.42. The molecule has 7 heteroatoms. The van der Waals surface area contributed by atoms with Crippen LogP contribution in [-0.2, 0) is 26.0 Å². The lowest BCUT2D eigenvalue weighted by Gasteiger charge is -2.26. The number of carbonyl (C=O) groups excluding carboxylic acids is 2. The van der Waals surface area contributed by atoms with Crippen molar-refractivity contribution in [2.45, 2.75) is 19.8 Å². The van der Waals surface area contributed by atoms with Crippen LogP contribution in [0.25, 0.3) is 17.2 Å². The number of amides is 2. The van der Waals surface area contributed by atoms with Gasteiger partial charge in [-0.2, -0.15) is 0 Å². The number of sulfonamides is 1. The van der Waals surface area contributed by atoms with Gasteiger partial charge in [0.1, 0.15) is 5.92 Å². The molecule has 4 aromatic carbocycles. The molecule has 0 aromatic heterocycles. The molecular formula is C33H32N2O4S. The van der Waals surface area contributed by atoms with Crippen molar-refractivity contribution in [2.24, 2.45) is 5.92 Å². The van der Waals surface area contributed by atoms with Crippen LogP contribution in [0.15, 0.2) is 121 Å². The van der Waals surface area contributed by atoms with Crippen molar-refractivity contribution >= 4 is 33.6 Å². The summed E-state index contributed by atoms with van der Waals surface area (Å²) in [6.45, 7) is 2.15. The number of aryl methyl sites for hydroxylation is 1. The zero-order valence-electron chi connectivity index (χ0n) is 22.3. The van der Waals surface area contributed by atoms with Gasteiger partial charge in [-0.25, -0.2) is 13.1 Å². The van der Waals surface area contributed by atoms with E-state index in [-0.39, 0.29) is 6.42 Å². The predicted molar refractivity (Wildman–Crippen MR) is 161 cm³/mol. The lowest BCUT2D eigenvalue weighted by Crippen LogP contribution is -2.45. The molecule has 0 radical (unpaired) electrons. The van der Waals surface area contributed by atoms with Crippen LogP contribution in [-0.4, -0.2) is 26.8 Å². The molecule has 0 aliphatic rings. The van der Waals surface area contributed by atoms with Crippen LogP contribution < -0.4 is 9.62 Å². The van der Waals surface area contributed by atoms with Crippen LogP contribution in [0.3, 0.4) is 0 Å². The SMILES string of the molecule is CCN(C(=O)C(CCc1ccc(-c2ccccc2)cc1)C(=O)NS(=O)(=O)C=Cc1ccccc1)c1ccccc1. The Kier molecular flexibility index (Phi) is 9.65. The first-order valence-corrected chi connectivity index (χ1v) is 14.7. The third-order valence-electron chi connectivity index (χ3n) is 6.53. The number of para-hydroxylation sites is 1. The monoisotopic (exact) mass is 552 g/mol. The number of hydrogen-bond acceptors (Lipinski definition) is 4. The number of nitrogens with zero attached hydrogens (tertiary/aromatic N) is 1. The predicted octanol–water partition coefficient (Wildman–Crippen LogP) is 6.07. The highest BCUT2D eigenvalue weighted by molar-refractivity contribution is 7.93. The van der Waals surface area contributed by atoms with Crippen LogP contribution >= 0.6 is 0 Å². The van der Waals surface area contributed by atoms with E-state index in [0.29, 0.717) is 24.2 Å². The first-order valence-electron chi connectivity index (χ1n) is 13.2. The van der Waals surface area contributed by atoms with Gasteiger partial charge in [0.25, 0.3) is 10.0 Å².